The number of rotatable bonds is 4. The van der Waals surface area contributed by atoms with Gasteiger partial charge in [0, 0.05) is 23.7 Å². The normalized spacial score (nSPS) is 11.5. The van der Waals surface area contributed by atoms with Gasteiger partial charge in [0.05, 0.1) is 24.9 Å². The molecule has 0 fully saturated rings. The average molecular weight is 305 g/mol. The second-order valence-corrected chi connectivity index (χ2v) is 4.89. The van der Waals surface area contributed by atoms with Gasteiger partial charge >= 0.3 is 5.97 Å². The lowest BCUT2D eigenvalue weighted by Crippen LogP contribution is -2.10. The second kappa shape index (κ2) is 6.59. The van der Waals surface area contributed by atoms with Crippen molar-refractivity contribution in [1.29, 1.82) is 0 Å². The largest absolute Gasteiger partial charge is 0.469 e. The summed E-state index contributed by atoms with van der Waals surface area (Å²) in [5, 5.41) is 4.40. The molecule has 0 atom stereocenters. The Morgan fingerprint density at radius 1 is 1.38 bits per heavy atom. The first kappa shape index (κ1) is 15.3. The van der Waals surface area contributed by atoms with Gasteiger partial charge in [-0.25, -0.2) is 0 Å². The number of ether oxygens (including phenoxy) is 1. The van der Waals surface area contributed by atoms with E-state index >= 15 is 0 Å². The Bertz CT molecular complexity index is 675. The van der Waals surface area contributed by atoms with Gasteiger partial charge in [-0.1, -0.05) is 41.9 Å². The van der Waals surface area contributed by atoms with Crippen LogP contribution in [0.4, 0.5) is 0 Å². The molecular weight excluding hydrogens is 288 g/mol. The van der Waals surface area contributed by atoms with Crippen LogP contribution in [0.5, 0.6) is 0 Å². The van der Waals surface area contributed by atoms with Crippen LogP contribution < -0.4 is 0 Å². The number of hydrogen-bond donors (Lipinski definition) is 0. The Labute approximate surface area is 129 Å². The highest BCUT2D eigenvalue weighted by atomic mass is 35.5. The molecule has 2 rings (SSSR count). The molecular formula is C16H17ClN2O2. The third kappa shape index (κ3) is 3.16. The smallest absolute Gasteiger partial charge is 0.311 e. The first-order valence-corrected chi connectivity index (χ1v) is 6.97. The number of carbonyl (C=O) groups is 1. The summed E-state index contributed by atoms with van der Waals surface area (Å²) in [6, 6.07) is 9.79. The van der Waals surface area contributed by atoms with Gasteiger partial charge in [0.15, 0.2) is 0 Å². The van der Waals surface area contributed by atoms with Gasteiger partial charge in [-0.05, 0) is 12.5 Å². The molecule has 4 nitrogen and oxygen atoms in total. The molecule has 0 unspecified atom stereocenters. The first-order valence-electron chi connectivity index (χ1n) is 6.54. The number of benzene rings is 1. The molecule has 0 aliphatic rings. The van der Waals surface area contributed by atoms with E-state index in [2.05, 4.69) is 5.10 Å². The highest BCUT2D eigenvalue weighted by molar-refractivity contribution is 6.29. The van der Waals surface area contributed by atoms with Crippen LogP contribution in [-0.2, 0) is 23.0 Å². The van der Waals surface area contributed by atoms with Gasteiger partial charge in [-0.15, -0.1) is 0 Å². The Balaban J connectivity index is 2.54. The van der Waals surface area contributed by atoms with Crippen molar-refractivity contribution in [2.75, 3.05) is 7.11 Å². The molecule has 0 bridgehead atoms. The number of methoxy groups -OCH3 is 1. The van der Waals surface area contributed by atoms with Crippen molar-refractivity contribution in [2.24, 2.45) is 7.05 Å². The number of aromatic nitrogens is 2. The standard InChI is InChI=1S/C16H17ClN2O2/c1-11-16(13(10-17)12-7-5-4-6-8-12)14(19(2)18-11)9-15(20)21-3/h4-8,10H,9H2,1-3H3/b13-10+. The third-order valence-electron chi connectivity index (χ3n) is 3.34. The van der Waals surface area contributed by atoms with Crippen LogP contribution in [-0.4, -0.2) is 22.9 Å². The van der Waals surface area contributed by atoms with Crippen LogP contribution >= 0.6 is 11.6 Å². The van der Waals surface area contributed by atoms with E-state index in [4.69, 9.17) is 16.3 Å². The molecule has 5 heteroatoms. The topological polar surface area (TPSA) is 44.1 Å². The fourth-order valence-electron chi connectivity index (χ4n) is 2.35. The SMILES string of the molecule is COC(=O)Cc1c(/C(=C/Cl)c2ccccc2)c(C)nn1C. The van der Waals surface area contributed by atoms with Gasteiger partial charge in [0.25, 0.3) is 0 Å². The van der Waals surface area contributed by atoms with Crippen LogP contribution in [0.3, 0.4) is 0 Å². The van der Waals surface area contributed by atoms with Gasteiger partial charge in [0.1, 0.15) is 0 Å². The van der Waals surface area contributed by atoms with E-state index in [1.807, 2.05) is 44.3 Å². The predicted molar refractivity (Wildman–Crippen MR) is 83.0 cm³/mol. The predicted octanol–water partition coefficient (Wildman–Crippen LogP) is 3.07. The molecule has 0 spiro atoms. The van der Waals surface area contributed by atoms with E-state index in [0.29, 0.717) is 0 Å². The summed E-state index contributed by atoms with van der Waals surface area (Å²) in [4.78, 5) is 11.6. The molecule has 0 radical (unpaired) electrons. The van der Waals surface area contributed by atoms with E-state index in [1.54, 1.807) is 4.68 Å². The Hall–Kier alpha value is -2.07. The van der Waals surface area contributed by atoms with Crippen LogP contribution in [0.25, 0.3) is 5.57 Å². The lowest BCUT2D eigenvalue weighted by molar-refractivity contribution is -0.139. The lowest BCUT2D eigenvalue weighted by Gasteiger charge is -2.10. The monoisotopic (exact) mass is 304 g/mol. The Morgan fingerprint density at radius 2 is 2.05 bits per heavy atom. The second-order valence-electron chi connectivity index (χ2n) is 4.67. The number of esters is 1. The highest BCUT2D eigenvalue weighted by Gasteiger charge is 2.20. The first-order chi connectivity index (χ1) is 10.1. The van der Waals surface area contributed by atoms with E-state index in [-0.39, 0.29) is 12.4 Å². The van der Waals surface area contributed by atoms with E-state index in [0.717, 1.165) is 28.1 Å². The molecule has 2 aromatic rings. The van der Waals surface area contributed by atoms with E-state index in [1.165, 1.54) is 12.6 Å². The molecule has 0 N–H and O–H groups in total. The zero-order valence-electron chi connectivity index (χ0n) is 12.3. The van der Waals surface area contributed by atoms with Crippen molar-refractivity contribution in [3.8, 4) is 0 Å². The molecule has 0 saturated heterocycles. The summed E-state index contributed by atoms with van der Waals surface area (Å²) in [5.41, 5.74) is 5.85. The van der Waals surface area contributed by atoms with Gasteiger partial charge in [-0.2, -0.15) is 5.10 Å². The number of hydrogen-bond acceptors (Lipinski definition) is 3. The van der Waals surface area contributed by atoms with Gasteiger partial charge in [0.2, 0.25) is 0 Å². The molecule has 0 aliphatic carbocycles. The zero-order valence-corrected chi connectivity index (χ0v) is 13.0. The van der Waals surface area contributed by atoms with Crippen molar-refractivity contribution >= 4 is 23.1 Å². The van der Waals surface area contributed by atoms with Crippen LogP contribution in [0, 0.1) is 6.92 Å². The summed E-state index contributed by atoms with van der Waals surface area (Å²) in [6.45, 7) is 1.90. The zero-order chi connectivity index (χ0) is 15.4. The van der Waals surface area contributed by atoms with Crippen molar-refractivity contribution in [3.05, 3.63) is 58.4 Å². The van der Waals surface area contributed by atoms with Crippen LogP contribution in [0.2, 0.25) is 0 Å². The third-order valence-corrected chi connectivity index (χ3v) is 3.56. The fraction of sp³-hybridized carbons (Fsp3) is 0.250. The Kier molecular flexibility index (Phi) is 4.81. The van der Waals surface area contributed by atoms with Gasteiger partial charge in [-0.3, -0.25) is 9.48 Å². The maximum atomic E-state index is 11.6. The minimum Gasteiger partial charge on any atom is -0.469 e. The van der Waals surface area contributed by atoms with Crippen molar-refractivity contribution in [3.63, 3.8) is 0 Å². The number of nitrogens with zero attached hydrogens (tertiary/aromatic N) is 2. The Morgan fingerprint density at radius 3 is 2.62 bits per heavy atom. The maximum Gasteiger partial charge on any atom is 0.311 e. The molecule has 21 heavy (non-hydrogen) atoms. The molecule has 1 aromatic carbocycles. The minimum absolute atomic E-state index is 0.157. The summed E-state index contributed by atoms with van der Waals surface area (Å²) < 4.78 is 6.46. The summed E-state index contributed by atoms with van der Waals surface area (Å²) >= 11 is 6.04. The van der Waals surface area contributed by atoms with Crippen molar-refractivity contribution < 1.29 is 9.53 Å². The van der Waals surface area contributed by atoms with Gasteiger partial charge < -0.3 is 4.74 Å². The molecule has 0 saturated carbocycles. The number of aryl methyl sites for hydroxylation is 2. The molecule has 1 heterocycles. The average Bonchev–Trinajstić information content (AvgIpc) is 2.76. The minimum atomic E-state index is -0.304. The number of halogens is 1. The number of carbonyl (C=O) groups excluding carboxylic acids is 1. The van der Waals surface area contributed by atoms with Crippen molar-refractivity contribution in [1.82, 2.24) is 9.78 Å². The van der Waals surface area contributed by atoms with E-state index in [9.17, 15) is 4.79 Å². The summed E-state index contributed by atoms with van der Waals surface area (Å²) in [6.07, 6.45) is 0.157. The molecule has 0 amide bonds. The molecule has 1 aromatic heterocycles. The lowest BCUT2D eigenvalue weighted by atomic mass is 9.96. The quantitative estimate of drug-likeness (QED) is 0.815. The highest BCUT2D eigenvalue weighted by Crippen LogP contribution is 2.30. The summed E-state index contributed by atoms with van der Waals surface area (Å²) in [7, 11) is 3.19. The van der Waals surface area contributed by atoms with Crippen LogP contribution in [0.15, 0.2) is 35.9 Å². The molecule has 110 valence electrons. The summed E-state index contributed by atoms with van der Waals surface area (Å²) in [5.74, 6) is -0.304. The maximum absolute atomic E-state index is 11.6. The fourth-order valence-corrected chi connectivity index (χ4v) is 2.58. The van der Waals surface area contributed by atoms with Crippen LogP contribution in [0.1, 0.15) is 22.5 Å². The van der Waals surface area contributed by atoms with Crippen molar-refractivity contribution in [2.45, 2.75) is 13.3 Å². The molecule has 0 aliphatic heterocycles. The van der Waals surface area contributed by atoms with E-state index < -0.39 is 0 Å².